The molecule has 1 heterocycles. The summed E-state index contributed by atoms with van der Waals surface area (Å²) in [4.78, 5) is 10.7. The van der Waals surface area contributed by atoms with E-state index in [1.807, 2.05) is 41.1 Å². The highest BCUT2D eigenvalue weighted by Crippen LogP contribution is 2.17. The molecule has 0 amide bonds. The molecule has 0 aliphatic heterocycles. The number of ether oxygens (including phenoxy) is 2. The molecule has 4 heteroatoms. The van der Waals surface area contributed by atoms with E-state index >= 15 is 0 Å². The molecule has 2 rings (SSSR count). The summed E-state index contributed by atoms with van der Waals surface area (Å²) in [6.07, 6.45) is 3.61. The topological polar surface area (TPSA) is 40.5 Å². The van der Waals surface area contributed by atoms with E-state index in [0.717, 1.165) is 30.8 Å². The smallest absolute Gasteiger partial charge is 0.166 e. The van der Waals surface area contributed by atoms with Crippen LogP contribution in [0.1, 0.15) is 16.9 Å². The van der Waals surface area contributed by atoms with Crippen LogP contribution in [0.4, 0.5) is 0 Å². The van der Waals surface area contributed by atoms with Gasteiger partial charge in [0.15, 0.2) is 6.29 Å². The lowest BCUT2D eigenvalue weighted by Crippen LogP contribution is -2.06. The van der Waals surface area contributed by atoms with E-state index in [0.29, 0.717) is 12.3 Å². The second-order valence-corrected chi connectivity index (χ2v) is 4.12. The molecule has 1 aromatic carbocycles. The summed E-state index contributed by atoms with van der Waals surface area (Å²) in [5.41, 5.74) is 0.699. The van der Waals surface area contributed by atoms with E-state index in [2.05, 4.69) is 0 Å². The molecule has 4 nitrogen and oxygen atoms in total. The minimum Gasteiger partial charge on any atom is -0.497 e. The maximum atomic E-state index is 10.7. The summed E-state index contributed by atoms with van der Waals surface area (Å²) in [6.45, 7) is 1.39. The third-order valence-electron chi connectivity index (χ3n) is 2.86. The number of aromatic nitrogens is 1. The molecule has 19 heavy (non-hydrogen) atoms. The van der Waals surface area contributed by atoms with E-state index in [1.165, 1.54) is 0 Å². The monoisotopic (exact) mass is 259 g/mol. The molecule has 0 aliphatic rings. The normalized spacial score (nSPS) is 10.2. The zero-order valence-electron chi connectivity index (χ0n) is 10.9. The minimum atomic E-state index is 0.614. The van der Waals surface area contributed by atoms with Gasteiger partial charge in [0, 0.05) is 12.7 Å². The van der Waals surface area contributed by atoms with Crippen LogP contribution in [0.25, 0.3) is 0 Å². The lowest BCUT2D eigenvalue weighted by atomic mass is 10.3. The molecule has 0 spiro atoms. The lowest BCUT2D eigenvalue weighted by molar-refractivity contribution is 0.111. The molecular formula is C15H17NO3. The standard InChI is InChI=1S/C15H17NO3/c1-18-14-5-7-15(8-6-14)19-11-3-10-16-9-2-4-13(16)12-17/h2,4-9,12H,3,10-11H2,1H3. The maximum Gasteiger partial charge on any atom is 0.166 e. The van der Waals surface area contributed by atoms with Crippen LogP contribution in [0.2, 0.25) is 0 Å². The zero-order chi connectivity index (χ0) is 13.5. The first-order valence-corrected chi connectivity index (χ1v) is 6.20. The number of carbonyl (C=O) groups is 1. The van der Waals surface area contributed by atoms with Crippen LogP contribution in [0.15, 0.2) is 42.6 Å². The molecular weight excluding hydrogens is 242 g/mol. The van der Waals surface area contributed by atoms with Gasteiger partial charge in [0.25, 0.3) is 0 Å². The molecule has 0 saturated heterocycles. The first-order valence-electron chi connectivity index (χ1n) is 6.20. The second kappa shape index (κ2) is 6.64. The molecule has 0 bridgehead atoms. The van der Waals surface area contributed by atoms with Gasteiger partial charge in [-0.2, -0.15) is 0 Å². The Morgan fingerprint density at radius 3 is 2.58 bits per heavy atom. The van der Waals surface area contributed by atoms with Gasteiger partial charge < -0.3 is 14.0 Å². The minimum absolute atomic E-state index is 0.614. The van der Waals surface area contributed by atoms with Crippen LogP contribution in [0.3, 0.4) is 0 Å². The van der Waals surface area contributed by atoms with Gasteiger partial charge in [-0.3, -0.25) is 4.79 Å². The molecule has 0 atom stereocenters. The average Bonchev–Trinajstić information content (AvgIpc) is 2.91. The van der Waals surface area contributed by atoms with Crippen molar-refractivity contribution in [2.75, 3.05) is 13.7 Å². The predicted molar refractivity (Wildman–Crippen MR) is 72.9 cm³/mol. The number of nitrogens with zero attached hydrogens (tertiary/aromatic N) is 1. The van der Waals surface area contributed by atoms with Gasteiger partial charge in [0.05, 0.1) is 19.4 Å². The first-order chi connectivity index (χ1) is 9.33. The van der Waals surface area contributed by atoms with Crippen LogP contribution in [0, 0.1) is 0 Å². The lowest BCUT2D eigenvalue weighted by Gasteiger charge is -2.08. The number of hydrogen-bond donors (Lipinski definition) is 0. The molecule has 2 aromatic rings. The van der Waals surface area contributed by atoms with Crippen LogP contribution < -0.4 is 9.47 Å². The van der Waals surface area contributed by atoms with Crippen LogP contribution in [-0.2, 0) is 6.54 Å². The first kappa shape index (κ1) is 13.2. The second-order valence-electron chi connectivity index (χ2n) is 4.12. The van der Waals surface area contributed by atoms with E-state index < -0.39 is 0 Å². The number of methoxy groups -OCH3 is 1. The van der Waals surface area contributed by atoms with Gasteiger partial charge in [-0.15, -0.1) is 0 Å². The van der Waals surface area contributed by atoms with E-state index in [4.69, 9.17) is 9.47 Å². The van der Waals surface area contributed by atoms with Crippen molar-refractivity contribution in [2.45, 2.75) is 13.0 Å². The largest absolute Gasteiger partial charge is 0.497 e. The Kier molecular flexibility index (Phi) is 4.61. The highest BCUT2D eigenvalue weighted by molar-refractivity contribution is 5.72. The van der Waals surface area contributed by atoms with Crippen LogP contribution >= 0.6 is 0 Å². The highest BCUT2D eigenvalue weighted by Gasteiger charge is 1.99. The third kappa shape index (κ3) is 3.61. The molecule has 0 radical (unpaired) electrons. The van der Waals surface area contributed by atoms with Gasteiger partial charge in [-0.05, 0) is 42.8 Å². The number of benzene rings is 1. The zero-order valence-corrected chi connectivity index (χ0v) is 10.9. The van der Waals surface area contributed by atoms with Crippen molar-refractivity contribution in [2.24, 2.45) is 0 Å². The number of carbonyl (C=O) groups excluding carboxylic acids is 1. The number of rotatable bonds is 7. The summed E-state index contributed by atoms with van der Waals surface area (Å²) in [5, 5.41) is 0. The fourth-order valence-electron chi connectivity index (χ4n) is 1.83. The Labute approximate surface area is 112 Å². The summed E-state index contributed by atoms with van der Waals surface area (Å²) < 4.78 is 12.6. The summed E-state index contributed by atoms with van der Waals surface area (Å²) in [6, 6.07) is 11.2. The van der Waals surface area contributed by atoms with Gasteiger partial charge in [-0.25, -0.2) is 0 Å². The Morgan fingerprint density at radius 1 is 1.16 bits per heavy atom. The van der Waals surface area contributed by atoms with E-state index in [9.17, 15) is 4.79 Å². The summed E-state index contributed by atoms with van der Waals surface area (Å²) >= 11 is 0. The van der Waals surface area contributed by atoms with Crippen molar-refractivity contribution in [3.05, 3.63) is 48.3 Å². The molecule has 0 aliphatic carbocycles. The van der Waals surface area contributed by atoms with Crippen LogP contribution in [0.5, 0.6) is 11.5 Å². The Morgan fingerprint density at radius 2 is 1.89 bits per heavy atom. The van der Waals surface area contributed by atoms with Crippen molar-refractivity contribution in [1.29, 1.82) is 0 Å². The molecule has 0 fully saturated rings. The molecule has 1 aromatic heterocycles. The fraction of sp³-hybridized carbons (Fsp3) is 0.267. The SMILES string of the molecule is COc1ccc(OCCCn2cccc2C=O)cc1. The van der Waals surface area contributed by atoms with Gasteiger partial charge in [-0.1, -0.05) is 0 Å². The third-order valence-corrected chi connectivity index (χ3v) is 2.86. The van der Waals surface area contributed by atoms with Crippen molar-refractivity contribution in [3.8, 4) is 11.5 Å². The van der Waals surface area contributed by atoms with Gasteiger partial charge in [0.2, 0.25) is 0 Å². The maximum absolute atomic E-state index is 10.7. The predicted octanol–water partition coefficient (Wildman–Crippen LogP) is 2.78. The molecule has 0 N–H and O–H groups in total. The van der Waals surface area contributed by atoms with Crippen molar-refractivity contribution in [3.63, 3.8) is 0 Å². The quantitative estimate of drug-likeness (QED) is 0.567. The Balaban J connectivity index is 1.75. The Bertz CT molecular complexity index is 516. The van der Waals surface area contributed by atoms with Crippen molar-refractivity contribution < 1.29 is 14.3 Å². The molecule has 0 saturated carbocycles. The van der Waals surface area contributed by atoms with E-state index in [-0.39, 0.29) is 0 Å². The highest BCUT2D eigenvalue weighted by atomic mass is 16.5. The van der Waals surface area contributed by atoms with Gasteiger partial charge in [0.1, 0.15) is 11.5 Å². The van der Waals surface area contributed by atoms with Crippen molar-refractivity contribution >= 4 is 6.29 Å². The van der Waals surface area contributed by atoms with Gasteiger partial charge >= 0.3 is 0 Å². The summed E-state index contributed by atoms with van der Waals surface area (Å²) in [5.74, 6) is 1.64. The fourth-order valence-corrected chi connectivity index (χ4v) is 1.83. The number of aryl methyl sites for hydroxylation is 1. The molecule has 0 unspecified atom stereocenters. The van der Waals surface area contributed by atoms with E-state index in [1.54, 1.807) is 13.2 Å². The van der Waals surface area contributed by atoms with Crippen molar-refractivity contribution in [1.82, 2.24) is 4.57 Å². The van der Waals surface area contributed by atoms with Crippen LogP contribution in [-0.4, -0.2) is 24.6 Å². The average molecular weight is 259 g/mol. The number of hydrogen-bond acceptors (Lipinski definition) is 3. The Hall–Kier alpha value is -2.23. The summed E-state index contributed by atoms with van der Waals surface area (Å²) in [7, 11) is 1.64. The number of aldehydes is 1. The molecule has 100 valence electrons.